The Bertz CT molecular complexity index is 580. The molecule has 6 heteroatoms. The summed E-state index contributed by atoms with van der Waals surface area (Å²) in [5.41, 5.74) is 1.02. The molecule has 0 saturated carbocycles. The topological polar surface area (TPSA) is 71.2 Å². The van der Waals surface area contributed by atoms with Gasteiger partial charge in [-0.3, -0.25) is 4.79 Å². The standard InChI is InChI=1S/C14H16N4O2/c1-2-8-17(9-10-19)14(20)13-11-15-18(16-13)12-6-4-3-5-7-12/h2-7,11,19H,1,8-10H2. The smallest absolute Gasteiger partial charge is 0.276 e. The lowest BCUT2D eigenvalue weighted by molar-refractivity contribution is 0.0736. The summed E-state index contributed by atoms with van der Waals surface area (Å²) in [5.74, 6) is -0.277. The van der Waals surface area contributed by atoms with Gasteiger partial charge < -0.3 is 10.0 Å². The number of carbonyl (C=O) groups excluding carboxylic acids is 1. The summed E-state index contributed by atoms with van der Waals surface area (Å²) in [6.07, 6.45) is 3.03. The predicted molar refractivity (Wildman–Crippen MR) is 74.5 cm³/mol. The van der Waals surface area contributed by atoms with Gasteiger partial charge in [-0.05, 0) is 12.1 Å². The Balaban J connectivity index is 2.19. The number of aliphatic hydroxyl groups is 1. The first-order valence-electron chi connectivity index (χ1n) is 6.25. The molecule has 0 saturated heterocycles. The number of aliphatic hydroxyl groups excluding tert-OH is 1. The van der Waals surface area contributed by atoms with E-state index in [1.165, 1.54) is 15.9 Å². The normalized spacial score (nSPS) is 10.2. The SMILES string of the molecule is C=CCN(CCO)C(=O)c1cnn(-c2ccccc2)n1. The van der Waals surface area contributed by atoms with Crippen LogP contribution in [0.3, 0.4) is 0 Å². The Morgan fingerprint density at radius 3 is 2.80 bits per heavy atom. The van der Waals surface area contributed by atoms with E-state index in [1.807, 2.05) is 30.3 Å². The number of para-hydroxylation sites is 1. The third kappa shape index (κ3) is 3.10. The fourth-order valence-corrected chi connectivity index (χ4v) is 1.76. The molecule has 0 radical (unpaired) electrons. The predicted octanol–water partition coefficient (Wildman–Crippen LogP) is 0.888. The van der Waals surface area contributed by atoms with Crippen molar-refractivity contribution in [2.24, 2.45) is 0 Å². The van der Waals surface area contributed by atoms with Crippen molar-refractivity contribution < 1.29 is 9.90 Å². The van der Waals surface area contributed by atoms with Crippen LogP contribution >= 0.6 is 0 Å². The van der Waals surface area contributed by atoms with E-state index in [2.05, 4.69) is 16.8 Å². The van der Waals surface area contributed by atoms with E-state index < -0.39 is 0 Å². The van der Waals surface area contributed by atoms with Gasteiger partial charge in [0, 0.05) is 13.1 Å². The number of carbonyl (C=O) groups is 1. The summed E-state index contributed by atoms with van der Waals surface area (Å²) in [7, 11) is 0. The van der Waals surface area contributed by atoms with Gasteiger partial charge in [-0.2, -0.15) is 9.90 Å². The van der Waals surface area contributed by atoms with Crippen molar-refractivity contribution in [2.45, 2.75) is 0 Å². The first-order chi connectivity index (χ1) is 9.76. The molecule has 0 bridgehead atoms. The van der Waals surface area contributed by atoms with Gasteiger partial charge in [-0.1, -0.05) is 24.3 Å². The van der Waals surface area contributed by atoms with E-state index in [0.717, 1.165) is 5.69 Å². The lowest BCUT2D eigenvalue weighted by atomic mass is 10.3. The van der Waals surface area contributed by atoms with Gasteiger partial charge in [0.05, 0.1) is 18.5 Å². The zero-order chi connectivity index (χ0) is 14.4. The fourth-order valence-electron chi connectivity index (χ4n) is 1.76. The highest BCUT2D eigenvalue weighted by Gasteiger charge is 2.17. The maximum absolute atomic E-state index is 12.2. The number of hydrogen-bond donors (Lipinski definition) is 1. The summed E-state index contributed by atoms with van der Waals surface area (Å²) in [6, 6.07) is 9.34. The van der Waals surface area contributed by atoms with Crippen molar-refractivity contribution in [1.82, 2.24) is 19.9 Å². The molecule has 0 aliphatic carbocycles. The second-order valence-corrected chi connectivity index (χ2v) is 4.12. The lowest BCUT2D eigenvalue weighted by Gasteiger charge is -2.18. The highest BCUT2D eigenvalue weighted by Crippen LogP contribution is 2.06. The molecule has 0 unspecified atom stereocenters. The molecule has 0 atom stereocenters. The maximum atomic E-state index is 12.2. The minimum absolute atomic E-state index is 0.105. The van der Waals surface area contributed by atoms with Gasteiger partial charge in [0.2, 0.25) is 0 Å². The minimum Gasteiger partial charge on any atom is -0.395 e. The van der Waals surface area contributed by atoms with Crippen molar-refractivity contribution in [3.8, 4) is 5.69 Å². The van der Waals surface area contributed by atoms with Gasteiger partial charge in [0.1, 0.15) is 0 Å². The van der Waals surface area contributed by atoms with Crippen molar-refractivity contribution in [2.75, 3.05) is 19.7 Å². The molecule has 1 aromatic heterocycles. The molecule has 20 heavy (non-hydrogen) atoms. The van der Waals surface area contributed by atoms with E-state index in [0.29, 0.717) is 6.54 Å². The molecule has 2 rings (SSSR count). The van der Waals surface area contributed by atoms with E-state index in [9.17, 15) is 4.79 Å². The number of benzene rings is 1. The lowest BCUT2D eigenvalue weighted by Crippen LogP contribution is -2.34. The molecule has 1 aromatic carbocycles. The minimum atomic E-state index is -0.277. The van der Waals surface area contributed by atoms with Crippen molar-refractivity contribution in [3.05, 3.63) is 54.9 Å². The average molecular weight is 272 g/mol. The van der Waals surface area contributed by atoms with E-state index in [1.54, 1.807) is 6.08 Å². The third-order valence-electron chi connectivity index (χ3n) is 2.70. The molecule has 1 heterocycles. The van der Waals surface area contributed by atoms with Crippen LogP contribution in [0.5, 0.6) is 0 Å². The Labute approximate surface area is 116 Å². The van der Waals surface area contributed by atoms with Gasteiger partial charge in [-0.15, -0.1) is 11.7 Å². The molecule has 0 fully saturated rings. The number of amides is 1. The first kappa shape index (κ1) is 14.0. The summed E-state index contributed by atoms with van der Waals surface area (Å²) in [5, 5.41) is 17.2. The fraction of sp³-hybridized carbons (Fsp3) is 0.214. The number of hydrogen-bond acceptors (Lipinski definition) is 4. The van der Waals surface area contributed by atoms with Crippen molar-refractivity contribution in [1.29, 1.82) is 0 Å². The van der Waals surface area contributed by atoms with Crippen LogP contribution in [0.15, 0.2) is 49.2 Å². The summed E-state index contributed by atoms with van der Waals surface area (Å²) in [4.78, 5) is 15.1. The third-order valence-corrected chi connectivity index (χ3v) is 2.70. The first-order valence-corrected chi connectivity index (χ1v) is 6.25. The van der Waals surface area contributed by atoms with Crippen LogP contribution in [0.25, 0.3) is 5.69 Å². The second-order valence-electron chi connectivity index (χ2n) is 4.12. The Morgan fingerprint density at radius 1 is 1.40 bits per heavy atom. The van der Waals surface area contributed by atoms with Crippen LogP contribution in [-0.4, -0.2) is 50.6 Å². The van der Waals surface area contributed by atoms with Crippen LogP contribution in [-0.2, 0) is 0 Å². The largest absolute Gasteiger partial charge is 0.395 e. The number of aromatic nitrogens is 3. The summed E-state index contributed by atoms with van der Waals surface area (Å²) >= 11 is 0. The summed E-state index contributed by atoms with van der Waals surface area (Å²) < 4.78 is 0. The van der Waals surface area contributed by atoms with Crippen LogP contribution in [0.1, 0.15) is 10.5 Å². The highest BCUT2D eigenvalue weighted by molar-refractivity contribution is 5.92. The quantitative estimate of drug-likeness (QED) is 0.793. The molecule has 0 aliphatic heterocycles. The van der Waals surface area contributed by atoms with E-state index in [-0.39, 0.29) is 24.8 Å². The second kappa shape index (κ2) is 6.63. The van der Waals surface area contributed by atoms with Crippen LogP contribution in [0, 0.1) is 0 Å². The van der Waals surface area contributed by atoms with Crippen molar-refractivity contribution in [3.63, 3.8) is 0 Å². The van der Waals surface area contributed by atoms with Crippen LogP contribution in [0.2, 0.25) is 0 Å². The Hall–Kier alpha value is -2.47. The Kier molecular flexibility index (Phi) is 4.62. The van der Waals surface area contributed by atoms with Crippen LogP contribution in [0.4, 0.5) is 0 Å². The zero-order valence-electron chi connectivity index (χ0n) is 11.0. The molecule has 6 nitrogen and oxygen atoms in total. The molecular weight excluding hydrogens is 256 g/mol. The van der Waals surface area contributed by atoms with Crippen molar-refractivity contribution >= 4 is 5.91 Å². The number of nitrogens with zero attached hydrogens (tertiary/aromatic N) is 4. The Morgan fingerprint density at radius 2 is 2.15 bits per heavy atom. The van der Waals surface area contributed by atoms with Crippen LogP contribution < -0.4 is 0 Å². The average Bonchev–Trinajstić information content (AvgIpc) is 2.97. The van der Waals surface area contributed by atoms with Gasteiger partial charge >= 0.3 is 0 Å². The van der Waals surface area contributed by atoms with E-state index >= 15 is 0 Å². The highest BCUT2D eigenvalue weighted by atomic mass is 16.3. The summed E-state index contributed by atoms with van der Waals surface area (Å²) in [6.45, 7) is 4.09. The molecule has 0 spiro atoms. The molecule has 1 N–H and O–H groups in total. The van der Waals surface area contributed by atoms with Gasteiger partial charge in [-0.25, -0.2) is 0 Å². The zero-order valence-corrected chi connectivity index (χ0v) is 11.0. The molecule has 1 amide bonds. The van der Waals surface area contributed by atoms with Gasteiger partial charge in [0.25, 0.3) is 5.91 Å². The molecular formula is C14H16N4O2. The molecule has 104 valence electrons. The molecule has 2 aromatic rings. The van der Waals surface area contributed by atoms with E-state index in [4.69, 9.17) is 5.11 Å². The molecule has 0 aliphatic rings. The maximum Gasteiger partial charge on any atom is 0.276 e. The number of rotatable bonds is 6. The van der Waals surface area contributed by atoms with Gasteiger partial charge in [0.15, 0.2) is 5.69 Å². The monoisotopic (exact) mass is 272 g/mol.